The van der Waals surface area contributed by atoms with Crippen molar-refractivity contribution in [2.45, 2.75) is 20.8 Å². The van der Waals surface area contributed by atoms with Crippen molar-refractivity contribution in [1.29, 1.82) is 0 Å². The van der Waals surface area contributed by atoms with E-state index in [-0.39, 0.29) is 11.5 Å². The van der Waals surface area contributed by atoms with E-state index in [0.717, 1.165) is 0 Å². The lowest BCUT2D eigenvalue weighted by atomic mass is 9.93. The van der Waals surface area contributed by atoms with E-state index in [0.29, 0.717) is 10.3 Å². The molecule has 0 saturated carbocycles. The van der Waals surface area contributed by atoms with E-state index in [1.807, 2.05) is 20.8 Å². The maximum Gasteiger partial charge on any atom is 0.207 e. The molecule has 4 heteroatoms. The Kier molecular flexibility index (Phi) is 3.86. The first-order valence-corrected chi connectivity index (χ1v) is 5.68. The lowest BCUT2D eigenvalue weighted by molar-refractivity contribution is 0.103. The van der Waals surface area contributed by atoms with Crippen LogP contribution in [0.4, 0.5) is 0 Å². The monoisotopic (exact) mass is 283 g/mol. The number of aromatic nitrogens is 1. The molecule has 1 aromatic rings. The predicted octanol–water partition coefficient (Wildman–Crippen LogP) is 3.51. The molecule has 0 aliphatic rings. The Balaban J connectivity index is 2.97. The van der Waals surface area contributed by atoms with Crippen LogP contribution in [0.15, 0.2) is 34.6 Å². The van der Waals surface area contributed by atoms with Crippen LogP contribution < -0.4 is 0 Å². The normalized spacial score (nSPS) is 12.6. The molecule has 86 valence electrons. The van der Waals surface area contributed by atoms with Crippen LogP contribution in [0.2, 0.25) is 0 Å². The summed E-state index contributed by atoms with van der Waals surface area (Å²) < 4.78 is 0.599. The van der Waals surface area contributed by atoms with Crippen LogP contribution >= 0.6 is 15.9 Å². The largest absolute Gasteiger partial charge is 0.512 e. The fraction of sp³-hybridized carbons (Fsp3) is 0.333. The molecule has 0 aliphatic carbocycles. The molecule has 1 heterocycles. The zero-order valence-corrected chi connectivity index (χ0v) is 11.1. The topological polar surface area (TPSA) is 50.2 Å². The molecule has 0 aliphatic heterocycles. The Morgan fingerprint density at radius 3 is 2.56 bits per heavy atom. The smallest absolute Gasteiger partial charge is 0.207 e. The SMILES string of the molecule is CC(C)(C)/C(O)=C/C(=O)c1cccc(Br)n1. The van der Waals surface area contributed by atoms with Crippen molar-refractivity contribution < 1.29 is 9.90 Å². The van der Waals surface area contributed by atoms with E-state index < -0.39 is 5.41 Å². The van der Waals surface area contributed by atoms with Gasteiger partial charge in [-0.2, -0.15) is 0 Å². The average molecular weight is 284 g/mol. The van der Waals surface area contributed by atoms with Gasteiger partial charge >= 0.3 is 0 Å². The molecule has 1 N–H and O–H groups in total. The summed E-state index contributed by atoms with van der Waals surface area (Å²) in [5.41, 5.74) is -0.119. The van der Waals surface area contributed by atoms with Gasteiger partial charge in [0.2, 0.25) is 5.78 Å². The highest BCUT2D eigenvalue weighted by Gasteiger charge is 2.18. The Labute approximate surface area is 103 Å². The number of aliphatic hydroxyl groups is 1. The van der Waals surface area contributed by atoms with Crippen molar-refractivity contribution in [1.82, 2.24) is 4.98 Å². The quantitative estimate of drug-likeness (QED) is 0.391. The Hall–Kier alpha value is -1.16. The van der Waals surface area contributed by atoms with Gasteiger partial charge in [-0.1, -0.05) is 26.8 Å². The van der Waals surface area contributed by atoms with Gasteiger partial charge in [-0.15, -0.1) is 0 Å². The van der Waals surface area contributed by atoms with Gasteiger partial charge in [-0.05, 0) is 28.1 Å². The second-order valence-corrected chi connectivity index (χ2v) is 5.30. The Bertz CT molecular complexity index is 433. The number of allylic oxidation sites excluding steroid dienone is 2. The number of pyridine rings is 1. The first-order valence-electron chi connectivity index (χ1n) is 4.89. The highest BCUT2D eigenvalue weighted by atomic mass is 79.9. The number of aliphatic hydroxyl groups excluding tert-OH is 1. The van der Waals surface area contributed by atoms with Gasteiger partial charge in [0, 0.05) is 11.5 Å². The minimum absolute atomic E-state index is 0.0549. The zero-order chi connectivity index (χ0) is 12.3. The molecule has 0 spiro atoms. The summed E-state index contributed by atoms with van der Waals surface area (Å²) in [5.74, 6) is -0.243. The molecule has 0 atom stereocenters. The fourth-order valence-electron chi connectivity index (χ4n) is 0.960. The van der Waals surface area contributed by atoms with Crippen molar-refractivity contribution in [3.05, 3.63) is 40.3 Å². The average Bonchev–Trinajstić information content (AvgIpc) is 2.16. The van der Waals surface area contributed by atoms with Gasteiger partial charge in [0.05, 0.1) is 0 Å². The molecule has 1 aromatic heterocycles. The molecule has 0 amide bonds. The van der Waals surface area contributed by atoms with Gasteiger partial charge in [0.15, 0.2) is 0 Å². The first kappa shape index (κ1) is 12.9. The van der Waals surface area contributed by atoms with E-state index in [1.165, 1.54) is 6.08 Å². The molecule has 0 fully saturated rings. The molecule has 16 heavy (non-hydrogen) atoms. The Morgan fingerprint density at radius 1 is 1.44 bits per heavy atom. The van der Waals surface area contributed by atoms with E-state index in [4.69, 9.17) is 0 Å². The van der Waals surface area contributed by atoms with Crippen molar-refractivity contribution in [2.24, 2.45) is 5.41 Å². The number of carbonyl (C=O) groups excluding carboxylic acids is 1. The van der Waals surface area contributed by atoms with Gasteiger partial charge in [-0.25, -0.2) is 4.98 Å². The molecule has 0 saturated heterocycles. The molecule has 0 aromatic carbocycles. The fourth-order valence-corrected chi connectivity index (χ4v) is 1.30. The molecule has 3 nitrogen and oxygen atoms in total. The van der Waals surface area contributed by atoms with Gasteiger partial charge < -0.3 is 5.11 Å². The number of hydrogen-bond acceptors (Lipinski definition) is 3. The number of rotatable bonds is 2. The number of carbonyl (C=O) groups is 1. The highest BCUT2D eigenvalue weighted by Crippen LogP contribution is 2.22. The summed E-state index contributed by atoms with van der Waals surface area (Å²) in [5, 5.41) is 9.69. The second kappa shape index (κ2) is 4.78. The summed E-state index contributed by atoms with van der Waals surface area (Å²) >= 11 is 3.19. The first-order chi connectivity index (χ1) is 7.30. The maximum absolute atomic E-state index is 11.7. The van der Waals surface area contributed by atoms with Crippen molar-refractivity contribution in [2.75, 3.05) is 0 Å². The summed E-state index contributed by atoms with van der Waals surface area (Å²) in [6.45, 7) is 5.50. The third-order valence-electron chi connectivity index (χ3n) is 2.00. The minimum atomic E-state index is -0.429. The van der Waals surface area contributed by atoms with Crippen LogP contribution in [0, 0.1) is 5.41 Å². The van der Waals surface area contributed by atoms with Crippen LogP contribution in [0.3, 0.4) is 0 Å². The van der Waals surface area contributed by atoms with Crippen molar-refractivity contribution in [3.8, 4) is 0 Å². The third-order valence-corrected chi connectivity index (χ3v) is 2.45. The minimum Gasteiger partial charge on any atom is -0.512 e. The standard InChI is InChI=1S/C12H14BrNO2/c1-12(2,3)10(16)7-9(15)8-5-4-6-11(13)14-8/h4-7,16H,1-3H3/b10-7-. The van der Waals surface area contributed by atoms with Crippen LogP contribution in [-0.2, 0) is 0 Å². The summed E-state index contributed by atoms with van der Waals surface area (Å²) in [7, 11) is 0. The highest BCUT2D eigenvalue weighted by molar-refractivity contribution is 9.10. The summed E-state index contributed by atoms with van der Waals surface area (Å²) in [6.07, 6.45) is 1.22. The van der Waals surface area contributed by atoms with E-state index >= 15 is 0 Å². The molecular formula is C12H14BrNO2. The maximum atomic E-state index is 11.7. The third kappa shape index (κ3) is 3.45. The molecular weight excluding hydrogens is 270 g/mol. The number of ketones is 1. The molecule has 1 rings (SSSR count). The summed E-state index contributed by atoms with van der Waals surface area (Å²) in [6, 6.07) is 5.08. The van der Waals surface area contributed by atoms with Gasteiger partial charge in [-0.3, -0.25) is 4.79 Å². The van der Waals surface area contributed by atoms with Crippen LogP contribution in [0.1, 0.15) is 31.3 Å². The number of halogens is 1. The van der Waals surface area contributed by atoms with Crippen molar-refractivity contribution >= 4 is 21.7 Å². The lowest BCUT2D eigenvalue weighted by Gasteiger charge is -2.16. The van der Waals surface area contributed by atoms with Gasteiger partial charge in [0.25, 0.3) is 0 Å². The van der Waals surface area contributed by atoms with Crippen LogP contribution in [0.25, 0.3) is 0 Å². The van der Waals surface area contributed by atoms with Crippen LogP contribution in [-0.4, -0.2) is 15.9 Å². The van der Waals surface area contributed by atoms with Crippen molar-refractivity contribution in [3.63, 3.8) is 0 Å². The number of nitrogens with zero attached hydrogens (tertiary/aromatic N) is 1. The molecule has 0 radical (unpaired) electrons. The second-order valence-electron chi connectivity index (χ2n) is 4.49. The van der Waals surface area contributed by atoms with E-state index in [1.54, 1.807) is 18.2 Å². The molecule has 0 bridgehead atoms. The predicted molar refractivity (Wildman–Crippen MR) is 66.4 cm³/mol. The van der Waals surface area contributed by atoms with E-state index in [2.05, 4.69) is 20.9 Å². The van der Waals surface area contributed by atoms with Crippen LogP contribution in [0.5, 0.6) is 0 Å². The zero-order valence-electron chi connectivity index (χ0n) is 9.49. The lowest BCUT2D eigenvalue weighted by Crippen LogP contribution is -2.11. The molecule has 0 unspecified atom stereocenters. The Morgan fingerprint density at radius 2 is 2.06 bits per heavy atom. The number of hydrogen-bond donors (Lipinski definition) is 1. The van der Waals surface area contributed by atoms with E-state index in [9.17, 15) is 9.90 Å². The van der Waals surface area contributed by atoms with Gasteiger partial charge in [0.1, 0.15) is 16.1 Å². The summed E-state index contributed by atoms with van der Waals surface area (Å²) in [4.78, 5) is 15.8.